The third-order valence-corrected chi connectivity index (χ3v) is 1.77. The van der Waals surface area contributed by atoms with Gasteiger partial charge in [0.15, 0.2) is 0 Å². The smallest absolute Gasteiger partial charge is 0.354 e. The van der Waals surface area contributed by atoms with Crippen LogP contribution in [0.3, 0.4) is 0 Å². The molecule has 17 heavy (non-hydrogen) atoms. The predicted molar refractivity (Wildman–Crippen MR) is 47.2 cm³/mol. The van der Waals surface area contributed by atoms with Crippen molar-refractivity contribution in [3.05, 3.63) is 0 Å². The monoisotopic (exact) mass is 266 g/mol. The first-order valence-electron chi connectivity index (χ1n) is 4.72. The van der Waals surface area contributed by atoms with Gasteiger partial charge in [0, 0.05) is 13.1 Å². The fraction of sp³-hybridized carbons (Fsp3) is 0.875. The maximum absolute atomic E-state index is 12.0. The van der Waals surface area contributed by atoms with E-state index in [9.17, 15) is 31.1 Å². The Morgan fingerprint density at radius 1 is 1.06 bits per heavy atom. The molecule has 0 spiro atoms. The quantitative estimate of drug-likeness (QED) is 0.584. The molecule has 0 aromatic carbocycles. The van der Waals surface area contributed by atoms with Gasteiger partial charge in [-0.2, -0.15) is 26.3 Å². The lowest BCUT2D eigenvalue weighted by Crippen LogP contribution is -2.49. The van der Waals surface area contributed by atoms with Crippen molar-refractivity contribution in [3.8, 4) is 0 Å². The molecular weight excluding hydrogens is 254 g/mol. The van der Waals surface area contributed by atoms with E-state index in [1.807, 2.05) is 0 Å². The highest BCUT2D eigenvalue weighted by atomic mass is 19.4. The van der Waals surface area contributed by atoms with Crippen LogP contribution in [0, 0.1) is 5.92 Å². The number of amides is 1. The molecule has 0 aliphatic rings. The van der Waals surface area contributed by atoms with Gasteiger partial charge in [-0.1, -0.05) is 6.92 Å². The normalized spacial score (nSPS) is 12.9. The summed E-state index contributed by atoms with van der Waals surface area (Å²) >= 11 is 0. The molecule has 3 nitrogen and oxygen atoms in total. The average molecular weight is 266 g/mol. The van der Waals surface area contributed by atoms with Crippen molar-refractivity contribution in [1.82, 2.24) is 10.6 Å². The molecule has 0 aromatic rings. The standard InChI is InChI=1S/C8H12F6N2O/c1-2-15-3-4-16-6(17)5(7(9,10)11)8(12,13)14/h5,15H,2-4H2,1H3,(H,16,17). The Morgan fingerprint density at radius 3 is 1.88 bits per heavy atom. The summed E-state index contributed by atoms with van der Waals surface area (Å²) in [5, 5.41) is 4.23. The third-order valence-electron chi connectivity index (χ3n) is 1.77. The van der Waals surface area contributed by atoms with Crippen molar-refractivity contribution in [2.45, 2.75) is 19.3 Å². The lowest BCUT2D eigenvalue weighted by molar-refractivity contribution is -0.274. The second kappa shape index (κ2) is 6.08. The van der Waals surface area contributed by atoms with E-state index < -0.39 is 24.2 Å². The Labute approximate surface area is 93.5 Å². The minimum Gasteiger partial charge on any atom is -0.354 e. The Balaban J connectivity index is 4.47. The van der Waals surface area contributed by atoms with Gasteiger partial charge < -0.3 is 10.6 Å². The van der Waals surface area contributed by atoms with Crippen molar-refractivity contribution in [2.75, 3.05) is 19.6 Å². The van der Waals surface area contributed by atoms with Gasteiger partial charge in [0.1, 0.15) is 0 Å². The lowest BCUT2D eigenvalue weighted by atomic mass is 10.1. The van der Waals surface area contributed by atoms with Crippen molar-refractivity contribution < 1.29 is 31.1 Å². The summed E-state index contributed by atoms with van der Waals surface area (Å²) in [5.74, 6) is -6.06. The fourth-order valence-electron chi connectivity index (χ4n) is 1.04. The second-order valence-electron chi connectivity index (χ2n) is 3.16. The zero-order chi connectivity index (χ0) is 13.7. The Hall–Kier alpha value is -0.990. The van der Waals surface area contributed by atoms with Gasteiger partial charge in [-0.25, -0.2) is 0 Å². The molecule has 0 heterocycles. The van der Waals surface area contributed by atoms with Crippen LogP contribution in [-0.4, -0.2) is 37.9 Å². The molecule has 0 saturated heterocycles. The molecule has 0 fully saturated rings. The van der Waals surface area contributed by atoms with Crippen LogP contribution in [0.5, 0.6) is 0 Å². The molecule has 102 valence electrons. The highest BCUT2D eigenvalue weighted by Crippen LogP contribution is 2.39. The van der Waals surface area contributed by atoms with E-state index in [1.54, 1.807) is 12.2 Å². The van der Waals surface area contributed by atoms with Gasteiger partial charge in [0.05, 0.1) is 0 Å². The topological polar surface area (TPSA) is 41.1 Å². The molecule has 0 saturated carbocycles. The Kier molecular flexibility index (Phi) is 5.73. The summed E-state index contributed by atoms with van der Waals surface area (Å²) in [5.41, 5.74) is 0. The first-order valence-corrected chi connectivity index (χ1v) is 4.72. The maximum atomic E-state index is 12.0. The van der Waals surface area contributed by atoms with Crippen LogP contribution in [-0.2, 0) is 4.79 Å². The molecule has 0 aromatic heterocycles. The first-order chi connectivity index (χ1) is 7.60. The molecule has 2 N–H and O–H groups in total. The molecule has 1 amide bonds. The summed E-state index contributed by atoms with van der Waals surface area (Å²) in [4.78, 5) is 10.8. The SMILES string of the molecule is CCNCCNC(=O)C(C(F)(F)F)C(F)(F)F. The minimum atomic E-state index is -5.64. The van der Waals surface area contributed by atoms with Crippen molar-refractivity contribution in [1.29, 1.82) is 0 Å². The van der Waals surface area contributed by atoms with Crippen molar-refractivity contribution in [3.63, 3.8) is 0 Å². The Morgan fingerprint density at radius 2 is 1.53 bits per heavy atom. The number of halogens is 6. The maximum Gasteiger partial charge on any atom is 0.409 e. The summed E-state index contributed by atoms with van der Waals surface area (Å²) in [6, 6.07) is 0. The van der Waals surface area contributed by atoms with E-state index >= 15 is 0 Å². The van der Waals surface area contributed by atoms with Gasteiger partial charge in [0.2, 0.25) is 11.8 Å². The number of carbonyl (C=O) groups is 1. The van der Waals surface area contributed by atoms with E-state index in [2.05, 4.69) is 5.32 Å². The van der Waals surface area contributed by atoms with E-state index in [0.717, 1.165) is 0 Å². The van der Waals surface area contributed by atoms with Gasteiger partial charge in [-0.3, -0.25) is 4.79 Å². The van der Waals surface area contributed by atoms with E-state index in [1.165, 1.54) is 0 Å². The van der Waals surface area contributed by atoms with Gasteiger partial charge in [-0.05, 0) is 6.54 Å². The first kappa shape index (κ1) is 16.0. The highest BCUT2D eigenvalue weighted by Gasteiger charge is 2.60. The van der Waals surface area contributed by atoms with Crippen molar-refractivity contribution in [2.24, 2.45) is 5.92 Å². The number of hydrogen-bond acceptors (Lipinski definition) is 2. The largest absolute Gasteiger partial charge is 0.409 e. The lowest BCUT2D eigenvalue weighted by Gasteiger charge is -2.22. The van der Waals surface area contributed by atoms with Crippen LogP contribution in [0.25, 0.3) is 0 Å². The molecule has 0 unspecified atom stereocenters. The summed E-state index contributed by atoms with van der Waals surface area (Å²) in [7, 11) is 0. The van der Waals surface area contributed by atoms with Crippen LogP contribution in [0.1, 0.15) is 6.92 Å². The number of alkyl halides is 6. The van der Waals surface area contributed by atoms with Gasteiger partial charge in [0.25, 0.3) is 0 Å². The second-order valence-corrected chi connectivity index (χ2v) is 3.16. The zero-order valence-corrected chi connectivity index (χ0v) is 8.87. The molecule has 0 atom stereocenters. The van der Waals surface area contributed by atoms with Crippen molar-refractivity contribution >= 4 is 5.91 Å². The highest BCUT2D eigenvalue weighted by molar-refractivity contribution is 5.80. The van der Waals surface area contributed by atoms with Gasteiger partial charge >= 0.3 is 12.4 Å². The molecule has 9 heteroatoms. The van der Waals surface area contributed by atoms with Crippen LogP contribution in [0.15, 0.2) is 0 Å². The Bertz CT molecular complexity index is 235. The minimum absolute atomic E-state index is 0.102. The molecule has 0 aliphatic heterocycles. The number of nitrogens with one attached hydrogen (secondary N) is 2. The van der Waals surface area contributed by atoms with E-state index in [-0.39, 0.29) is 13.1 Å². The summed E-state index contributed by atoms with van der Waals surface area (Å²) in [6.45, 7) is 2.01. The number of rotatable bonds is 5. The van der Waals surface area contributed by atoms with Crippen LogP contribution in [0.2, 0.25) is 0 Å². The molecule has 0 radical (unpaired) electrons. The average Bonchev–Trinajstić information content (AvgIpc) is 2.07. The molecular formula is C8H12F6N2O. The number of hydrogen-bond donors (Lipinski definition) is 2. The van der Waals surface area contributed by atoms with E-state index in [0.29, 0.717) is 6.54 Å². The third kappa shape index (κ3) is 5.76. The number of likely N-dealkylation sites (N-methyl/N-ethyl adjacent to an activating group) is 1. The van der Waals surface area contributed by atoms with E-state index in [4.69, 9.17) is 0 Å². The molecule has 0 rings (SSSR count). The number of carbonyl (C=O) groups excluding carboxylic acids is 1. The fourth-order valence-corrected chi connectivity index (χ4v) is 1.04. The zero-order valence-electron chi connectivity index (χ0n) is 8.87. The molecule has 0 aliphatic carbocycles. The molecule has 0 bridgehead atoms. The predicted octanol–water partition coefficient (Wildman–Crippen LogP) is 1.45. The van der Waals surface area contributed by atoms with Crippen LogP contribution < -0.4 is 10.6 Å². The van der Waals surface area contributed by atoms with Crippen LogP contribution >= 0.6 is 0 Å². The van der Waals surface area contributed by atoms with Gasteiger partial charge in [-0.15, -0.1) is 0 Å². The summed E-state index contributed by atoms with van der Waals surface area (Å²) in [6.07, 6.45) is -11.3. The summed E-state index contributed by atoms with van der Waals surface area (Å²) < 4.78 is 72.3. The van der Waals surface area contributed by atoms with Crippen LogP contribution in [0.4, 0.5) is 26.3 Å².